The Morgan fingerprint density at radius 3 is 2.26 bits per heavy atom. The second-order valence-electron chi connectivity index (χ2n) is 8.65. The average molecular weight is 442 g/mol. The molecule has 0 radical (unpaired) electrons. The molecule has 7 heteroatoms. The summed E-state index contributed by atoms with van der Waals surface area (Å²) in [6.07, 6.45) is 0.739. The Morgan fingerprint density at radius 2 is 1.65 bits per heavy atom. The van der Waals surface area contributed by atoms with Gasteiger partial charge in [-0.3, -0.25) is 14.6 Å². The molecule has 2 atom stereocenters. The number of hydrogen-bond acceptors (Lipinski definition) is 5. The molecule has 31 heavy (non-hydrogen) atoms. The molecule has 2 heterocycles. The molecule has 2 aliphatic heterocycles. The molecule has 2 aromatic carbocycles. The molecule has 6 nitrogen and oxygen atoms in total. The van der Waals surface area contributed by atoms with Gasteiger partial charge in [-0.1, -0.05) is 54.6 Å². The van der Waals surface area contributed by atoms with Crippen LogP contribution in [0.4, 0.5) is 0 Å². The Balaban J connectivity index is 1.24. The van der Waals surface area contributed by atoms with E-state index in [2.05, 4.69) is 51.5 Å². The third kappa shape index (κ3) is 5.73. The van der Waals surface area contributed by atoms with Crippen LogP contribution in [0.5, 0.6) is 0 Å². The monoisotopic (exact) mass is 441 g/mol. The molecule has 0 aliphatic carbocycles. The summed E-state index contributed by atoms with van der Waals surface area (Å²) in [6.45, 7) is 5.62. The molecular weight excluding hydrogens is 410 g/mol. The molecule has 0 bridgehead atoms. The fourth-order valence-electron chi connectivity index (χ4n) is 4.52. The van der Waals surface area contributed by atoms with E-state index in [1.165, 1.54) is 5.56 Å². The first-order valence-corrected chi connectivity index (χ1v) is 12.8. The lowest BCUT2D eigenvalue weighted by Crippen LogP contribution is -2.52. The SMILES string of the molecule is C[C@@H](NC(=O)CN1CCN([C@H]2CCS(=O)(=O)C2)CC1)c1ccc(-c2ccccc2)cc1. The fraction of sp³-hybridized carbons (Fsp3) is 0.458. The van der Waals surface area contributed by atoms with Crippen LogP contribution in [0.3, 0.4) is 0 Å². The van der Waals surface area contributed by atoms with Gasteiger partial charge in [0.2, 0.25) is 5.91 Å². The van der Waals surface area contributed by atoms with Crippen LogP contribution in [0.15, 0.2) is 54.6 Å². The maximum atomic E-state index is 12.6. The second kappa shape index (κ2) is 9.51. The zero-order chi connectivity index (χ0) is 21.8. The molecule has 2 aliphatic rings. The number of piperazine rings is 1. The van der Waals surface area contributed by atoms with E-state index in [9.17, 15) is 13.2 Å². The van der Waals surface area contributed by atoms with E-state index in [-0.39, 0.29) is 23.7 Å². The van der Waals surface area contributed by atoms with E-state index in [0.29, 0.717) is 12.3 Å². The standard InChI is InChI=1S/C24H31N3O3S/c1-19(20-7-9-22(10-8-20)21-5-3-2-4-6-21)25-24(28)17-26-12-14-27(15-13-26)23-11-16-31(29,30)18-23/h2-10,19,23H,11-18H2,1H3,(H,25,28)/t19-,23+/m1/s1. The average Bonchev–Trinajstić information content (AvgIpc) is 3.14. The van der Waals surface area contributed by atoms with Gasteiger partial charge in [-0.25, -0.2) is 8.42 Å². The second-order valence-corrected chi connectivity index (χ2v) is 10.9. The van der Waals surface area contributed by atoms with Gasteiger partial charge in [0.25, 0.3) is 0 Å². The van der Waals surface area contributed by atoms with Crippen molar-refractivity contribution in [3.05, 3.63) is 60.2 Å². The number of hydrogen-bond donors (Lipinski definition) is 1. The quantitative estimate of drug-likeness (QED) is 0.745. The molecule has 0 unspecified atom stereocenters. The Morgan fingerprint density at radius 1 is 1.00 bits per heavy atom. The number of carbonyl (C=O) groups excluding carboxylic acids is 1. The van der Waals surface area contributed by atoms with Crippen molar-refractivity contribution < 1.29 is 13.2 Å². The van der Waals surface area contributed by atoms with Gasteiger partial charge in [0.1, 0.15) is 0 Å². The van der Waals surface area contributed by atoms with Crippen LogP contribution in [-0.2, 0) is 14.6 Å². The Kier molecular flexibility index (Phi) is 6.74. The van der Waals surface area contributed by atoms with Crippen LogP contribution in [0.25, 0.3) is 11.1 Å². The highest BCUT2D eigenvalue weighted by molar-refractivity contribution is 7.91. The molecule has 2 fully saturated rings. The zero-order valence-corrected chi connectivity index (χ0v) is 18.9. The summed E-state index contributed by atoms with van der Waals surface area (Å²) < 4.78 is 23.4. The minimum absolute atomic E-state index is 0.0246. The van der Waals surface area contributed by atoms with Crippen molar-refractivity contribution >= 4 is 15.7 Å². The maximum absolute atomic E-state index is 12.6. The summed E-state index contributed by atoms with van der Waals surface area (Å²) in [6, 6.07) is 18.7. The highest BCUT2D eigenvalue weighted by Crippen LogP contribution is 2.22. The first-order chi connectivity index (χ1) is 14.9. The van der Waals surface area contributed by atoms with Crippen LogP contribution in [-0.4, -0.2) is 74.4 Å². The number of nitrogens with zero attached hydrogens (tertiary/aromatic N) is 2. The summed E-state index contributed by atoms with van der Waals surface area (Å²) in [4.78, 5) is 17.0. The Bertz CT molecular complexity index is 984. The number of rotatable bonds is 6. The summed E-state index contributed by atoms with van der Waals surface area (Å²) >= 11 is 0. The minimum atomic E-state index is -2.86. The zero-order valence-electron chi connectivity index (χ0n) is 18.0. The summed E-state index contributed by atoms with van der Waals surface area (Å²) in [5, 5.41) is 3.11. The minimum Gasteiger partial charge on any atom is -0.348 e. The van der Waals surface area contributed by atoms with Crippen molar-refractivity contribution in [3.8, 4) is 11.1 Å². The van der Waals surface area contributed by atoms with Gasteiger partial charge in [-0.05, 0) is 30.0 Å². The van der Waals surface area contributed by atoms with E-state index in [4.69, 9.17) is 0 Å². The van der Waals surface area contributed by atoms with Crippen molar-refractivity contribution in [3.63, 3.8) is 0 Å². The van der Waals surface area contributed by atoms with Crippen LogP contribution >= 0.6 is 0 Å². The molecule has 2 aromatic rings. The van der Waals surface area contributed by atoms with E-state index in [0.717, 1.165) is 43.7 Å². The van der Waals surface area contributed by atoms with Crippen LogP contribution in [0.1, 0.15) is 24.9 Å². The molecule has 166 valence electrons. The summed E-state index contributed by atoms with van der Waals surface area (Å²) in [7, 11) is -2.86. The Labute approximate surface area is 185 Å². The molecule has 0 aromatic heterocycles. The third-order valence-electron chi connectivity index (χ3n) is 6.39. The molecule has 2 saturated heterocycles. The van der Waals surface area contributed by atoms with Gasteiger partial charge in [0.05, 0.1) is 24.1 Å². The van der Waals surface area contributed by atoms with E-state index in [1.54, 1.807) is 0 Å². The van der Waals surface area contributed by atoms with Gasteiger partial charge in [0.15, 0.2) is 9.84 Å². The van der Waals surface area contributed by atoms with E-state index < -0.39 is 9.84 Å². The largest absolute Gasteiger partial charge is 0.348 e. The van der Waals surface area contributed by atoms with Crippen molar-refractivity contribution in [2.75, 3.05) is 44.2 Å². The predicted molar refractivity (Wildman–Crippen MR) is 124 cm³/mol. The van der Waals surface area contributed by atoms with Crippen molar-refractivity contribution in [1.29, 1.82) is 0 Å². The summed E-state index contributed by atoms with van der Waals surface area (Å²) in [5.74, 6) is 0.620. The highest BCUT2D eigenvalue weighted by atomic mass is 32.2. The molecule has 0 spiro atoms. The first kappa shape index (κ1) is 22.0. The highest BCUT2D eigenvalue weighted by Gasteiger charge is 2.33. The Hall–Kier alpha value is -2.22. The van der Waals surface area contributed by atoms with Crippen molar-refractivity contribution in [2.45, 2.75) is 25.4 Å². The predicted octanol–water partition coefficient (Wildman–Crippen LogP) is 2.34. The number of amides is 1. The normalized spacial score (nSPS) is 22.8. The van der Waals surface area contributed by atoms with Crippen molar-refractivity contribution in [2.24, 2.45) is 0 Å². The molecule has 4 rings (SSSR count). The topological polar surface area (TPSA) is 69.7 Å². The van der Waals surface area contributed by atoms with Crippen LogP contribution in [0.2, 0.25) is 0 Å². The van der Waals surface area contributed by atoms with E-state index in [1.807, 2.05) is 25.1 Å². The van der Waals surface area contributed by atoms with Gasteiger partial charge >= 0.3 is 0 Å². The fourth-order valence-corrected chi connectivity index (χ4v) is 6.28. The molecule has 0 saturated carbocycles. The third-order valence-corrected chi connectivity index (χ3v) is 8.14. The maximum Gasteiger partial charge on any atom is 0.234 e. The van der Waals surface area contributed by atoms with Gasteiger partial charge in [0, 0.05) is 32.2 Å². The molecule has 1 amide bonds. The van der Waals surface area contributed by atoms with Gasteiger partial charge in [-0.15, -0.1) is 0 Å². The van der Waals surface area contributed by atoms with Crippen LogP contribution < -0.4 is 5.32 Å². The lowest BCUT2D eigenvalue weighted by molar-refractivity contribution is -0.123. The summed E-state index contributed by atoms with van der Waals surface area (Å²) in [5.41, 5.74) is 3.43. The van der Waals surface area contributed by atoms with Gasteiger partial charge < -0.3 is 5.32 Å². The van der Waals surface area contributed by atoms with E-state index >= 15 is 0 Å². The van der Waals surface area contributed by atoms with Crippen LogP contribution in [0, 0.1) is 0 Å². The smallest absolute Gasteiger partial charge is 0.234 e. The number of nitrogens with one attached hydrogen (secondary N) is 1. The number of benzene rings is 2. The van der Waals surface area contributed by atoms with Gasteiger partial charge in [-0.2, -0.15) is 0 Å². The van der Waals surface area contributed by atoms with Crippen molar-refractivity contribution in [1.82, 2.24) is 15.1 Å². The number of carbonyl (C=O) groups is 1. The molecule has 1 N–H and O–H groups in total. The molecular formula is C24H31N3O3S. The lowest BCUT2D eigenvalue weighted by atomic mass is 10.0. The number of sulfone groups is 1. The lowest BCUT2D eigenvalue weighted by Gasteiger charge is -2.37. The first-order valence-electron chi connectivity index (χ1n) is 11.0.